The molecule has 1 unspecified atom stereocenters. The van der Waals surface area contributed by atoms with Crippen LogP contribution in [0.15, 0.2) is 66.4 Å². The standard InChI is InChI=1S/C29H27NO4/c1-19-14-25-24(17-30(18-33-25)16-23-8-5-13-32-23)29-27(19)28(31)26(34-29)15-20-9-11-22(12-10-20)21-6-3-2-4-7-21/h2-4,6-7,9-12,14-15,23H,5,8,13,16-18H2,1H3/b26-15-. The Hall–Kier alpha value is -3.41. The molecule has 0 spiro atoms. The van der Waals surface area contributed by atoms with Gasteiger partial charge in [0.1, 0.15) is 18.2 Å². The summed E-state index contributed by atoms with van der Waals surface area (Å²) in [6.45, 7) is 4.81. The van der Waals surface area contributed by atoms with Gasteiger partial charge in [-0.2, -0.15) is 0 Å². The highest BCUT2D eigenvalue weighted by atomic mass is 16.5. The minimum absolute atomic E-state index is 0.0707. The molecule has 172 valence electrons. The second kappa shape index (κ2) is 8.75. The van der Waals surface area contributed by atoms with Crippen LogP contribution in [0.4, 0.5) is 0 Å². The van der Waals surface area contributed by atoms with Crippen LogP contribution in [0.25, 0.3) is 17.2 Å². The van der Waals surface area contributed by atoms with E-state index in [1.165, 1.54) is 0 Å². The third-order valence-corrected chi connectivity index (χ3v) is 6.79. The van der Waals surface area contributed by atoms with Gasteiger partial charge in [0.05, 0.1) is 17.2 Å². The predicted molar refractivity (Wildman–Crippen MR) is 131 cm³/mol. The molecule has 0 aromatic heterocycles. The van der Waals surface area contributed by atoms with Gasteiger partial charge in [0, 0.05) is 19.7 Å². The number of fused-ring (bicyclic) bond motifs is 3. The van der Waals surface area contributed by atoms with Gasteiger partial charge in [-0.25, -0.2) is 0 Å². The largest absolute Gasteiger partial charge is 0.478 e. The number of aryl methyl sites for hydroxylation is 1. The fourth-order valence-electron chi connectivity index (χ4n) is 5.02. The van der Waals surface area contributed by atoms with E-state index in [0.29, 0.717) is 30.3 Å². The summed E-state index contributed by atoms with van der Waals surface area (Å²) in [5.41, 5.74) is 5.71. The van der Waals surface area contributed by atoms with Crippen molar-refractivity contribution in [3.63, 3.8) is 0 Å². The van der Waals surface area contributed by atoms with Crippen LogP contribution in [0.2, 0.25) is 0 Å². The molecular weight excluding hydrogens is 426 g/mol. The van der Waals surface area contributed by atoms with Crippen molar-refractivity contribution in [1.29, 1.82) is 0 Å². The topological polar surface area (TPSA) is 48.0 Å². The number of benzene rings is 3. The Kier molecular flexibility index (Phi) is 5.44. The molecule has 0 radical (unpaired) electrons. The van der Waals surface area contributed by atoms with Gasteiger partial charge in [0.25, 0.3) is 0 Å². The highest BCUT2D eigenvalue weighted by molar-refractivity contribution is 6.15. The molecular formula is C29H27NO4. The number of carbonyl (C=O) groups excluding carboxylic acids is 1. The van der Waals surface area contributed by atoms with E-state index in [0.717, 1.165) is 59.6 Å². The summed E-state index contributed by atoms with van der Waals surface area (Å²) < 4.78 is 18.1. The number of nitrogens with zero attached hydrogens (tertiary/aromatic N) is 1. The van der Waals surface area contributed by atoms with Crippen molar-refractivity contribution >= 4 is 11.9 Å². The van der Waals surface area contributed by atoms with Crippen LogP contribution in [0.5, 0.6) is 11.5 Å². The number of allylic oxidation sites excluding steroid dienone is 1. The van der Waals surface area contributed by atoms with Gasteiger partial charge in [0.15, 0.2) is 5.76 Å². The first-order chi connectivity index (χ1) is 16.7. The van der Waals surface area contributed by atoms with Gasteiger partial charge in [-0.3, -0.25) is 9.69 Å². The SMILES string of the molecule is Cc1cc2c(c3c1C(=O)/C(=C/c1ccc(-c4ccccc4)cc1)O3)CN(CC1CCCO1)CO2. The lowest BCUT2D eigenvalue weighted by atomic mass is 9.98. The quantitative estimate of drug-likeness (QED) is 0.481. The van der Waals surface area contributed by atoms with E-state index < -0.39 is 0 Å². The van der Waals surface area contributed by atoms with Gasteiger partial charge in [0.2, 0.25) is 5.78 Å². The highest BCUT2D eigenvalue weighted by Gasteiger charge is 2.36. The van der Waals surface area contributed by atoms with Gasteiger partial charge in [-0.15, -0.1) is 0 Å². The smallest absolute Gasteiger partial charge is 0.232 e. The number of Topliss-reactive ketones (excluding diaryl/α,β-unsaturated/α-hetero) is 1. The molecule has 0 saturated carbocycles. The highest BCUT2D eigenvalue weighted by Crippen LogP contribution is 2.44. The third-order valence-electron chi connectivity index (χ3n) is 6.79. The molecule has 6 rings (SSSR count). The molecule has 1 atom stereocenters. The normalized spacial score (nSPS) is 20.7. The van der Waals surface area contributed by atoms with E-state index in [-0.39, 0.29) is 11.9 Å². The van der Waals surface area contributed by atoms with Crippen molar-refractivity contribution in [2.75, 3.05) is 19.9 Å². The van der Waals surface area contributed by atoms with E-state index in [2.05, 4.69) is 29.2 Å². The van der Waals surface area contributed by atoms with Gasteiger partial charge < -0.3 is 14.2 Å². The van der Waals surface area contributed by atoms with Crippen LogP contribution in [0.1, 0.15) is 39.9 Å². The Bertz CT molecular complexity index is 1260. The van der Waals surface area contributed by atoms with E-state index in [9.17, 15) is 4.79 Å². The summed E-state index contributed by atoms with van der Waals surface area (Å²) in [6.07, 6.45) is 4.28. The summed E-state index contributed by atoms with van der Waals surface area (Å²) in [5.74, 6) is 1.74. The molecule has 34 heavy (non-hydrogen) atoms. The first-order valence-corrected chi connectivity index (χ1v) is 11.9. The lowest BCUT2D eigenvalue weighted by Gasteiger charge is -2.31. The fraction of sp³-hybridized carbons (Fsp3) is 0.276. The Morgan fingerprint density at radius 3 is 2.62 bits per heavy atom. The van der Waals surface area contributed by atoms with Crippen LogP contribution in [-0.4, -0.2) is 36.7 Å². The number of rotatable bonds is 4. The Balaban J connectivity index is 1.26. The summed E-state index contributed by atoms with van der Waals surface area (Å²) >= 11 is 0. The van der Waals surface area contributed by atoms with Crippen LogP contribution >= 0.6 is 0 Å². The van der Waals surface area contributed by atoms with Crippen molar-refractivity contribution in [3.8, 4) is 22.6 Å². The summed E-state index contributed by atoms with van der Waals surface area (Å²) in [5, 5.41) is 0. The maximum Gasteiger partial charge on any atom is 0.232 e. The molecule has 0 aliphatic carbocycles. The minimum Gasteiger partial charge on any atom is -0.478 e. The van der Waals surface area contributed by atoms with Crippen LogP contribution in [-0.2, 0) is 11.3 Å². The van der Waals surface area contributed by atoms with Gasteiger partial charge in [-0.05, 0) is 54.2 Å². The first-order valence-electron chi connectivity index (χ1n) is 11.9. The molecule has 3 aromatic rings. The monoisotopic (exact) mass is 453 g/mol. The molecule has 3 aliphatic heterocycles. The van der Waals surface area contributed by atoms with E-state index in [1.807, 2.05) is 49.4 Å². The Morgan fingerprint density at radius 2 is 1.85 bits per heavy atom. The molecule has 3 aromatic carbocycles. The van der Waals surface area contributed by atoms with Crippen molar-refractivity contribution in [3.05, 3.63) is 88.7 Å². The number of ether oxygens (including phenoxy) is 3. The van der Waals surface area contributed by atoms with Crippen LogP contribution < -0.4 is 9.47 Å². The molecule has 1 fully saturated rings. The maximum atomic E-state index is 13.3. The Labute approximate surface area is 199 Å². The summed E-state index contributed by atoms with van der Waals surface area (Å²) in [4.78, 5) is 15.5. The van der Waals surface area contributed by atoms with Crippen LogP contribution in [0, 0.1) is 6.92 Å². The van der Waals surface area contributed by atoms with E-state index >= 15 is 0 Å². The van der Waals surface area contributed by atoms with Gasteiger partial charge >= 0.3 is 0 Å². The first kappa shape index (κ1) is 21.1. The van der Waals surface area contributed by atoms with Crippen LogP contribution in [0.3, 0.4) is 0 Å². The number of hydrogen-bond acceptors (Lipinski definition) is 5. The lowest BCUT2D eigenvalue weighted by molar-refractivity contribution is 0.0273. The van der Waals surface area contributed by atoms with Crippen molar-refractivity contribution in [2.24, 2.45) is 0 Å². The number of hydrogen-bond donors (Lipinski definition) is 0. The molecule has 0 amide bonds. The molecule has 5 heteroatoms. The molecule has 3 heterocycles. The third kappa shape index (κ3) is 3.91. The lowest BCUT2D eigenvalue weighted by Crippen LogP contribution is -2.37. The summed E-state index contributed by atoms with van der Waals surface area (Å²) in [7, 11) is 0. The molecule has 0 N–H and O–H groups in total. The summed E-state index contributed by atoms with van der Waals surface area (Å²) in [6, 6.07) is 20.4. The zero-order chi connectivity index (χ0) is 23.1. The molecule has 5 nitrogen and oxygen atoms in total. The number of carbonyl (C=O) groups is 1. The second-order valence-corrected chi connectivity index (χ2v) is 9.22. The average molecular weight is 454 g/mol. The zero-order valence-corrected chi connectivity index (χ0v) is 19.3. The van der Waals surface area contributed by atoms with E-state index in [4.69, 9.17) is 14.2 Å². The average Bonchev–Trinajstić information content (AvgIpc) is 3.49. The Morgan fingerprint density at radius 1 is 1.06 bits per heavy atom. The number of ketones is 1. The fourth-order valence-corrected chi connectivity index (χ4v) is 5.02. The van der Waals surface area contributed by atoms with Crippen molar-refractivity contribution < 1.29 is 19.0 Å². The van der Waals surface area contributed by atoms with E-state index in [1.54, 1.807) is 0 Å². The minimum atomic E-state index is -0.0707. The second-order valence-electron chi connectivity index (χ2n) is 9.22. The maximum absolute atomic E-state index is 13.3. The zero-order valence-electron chi connectivity index (χ0n) is 19.3. The predicted octanol–water partition coefficient (Wildman–Crippen LogP) is 5.61. The van der Waals surface area contributed by atoms with Gasteiger partial charge in [-0.1, -0.05) is 54.6 Å². The van der Waals surface area contributed by atoms with Crippen molar-refractivity contribution in [1.82, 2.24) is 4.90 Å². The van der Waals surface area contributed by atoms with Crippen molar-refractivity contribution in [2.45, 2.75) is 32.4 Å². The molecule has 0 bridgehead atoms. The molecule has 1 saturated heterocycles. The molecule has 3 aliphatic rings.